The van der Waals surface area contributed by atoms with Crippen LogP contribution in [0, 0.1) is 17.0 Å². The third-order valence-corrected chi connectivity index (χ3v) is 4.80. The lowest BCUT2D eigenvalue weighted by Crippen LogP contribution is -2.54. The number of ether oxygens (including phenoxy) is 2. The molecule has 2 aromatic heterocycles. The zero-order valence-electron chi connectivity index (χ0n) is 18.7. The van der Waals surface area contributed by atoms with Crippen molar-refractivity contribution in [2.45, 2.75) is 46.3 Å². The Hall–Kier alpha value is -3.70. The lowest BCUT2D eigenvalue weighted by molar-refractivity contribution is -0.385. The summed E-state index contributed by atoms with van der Waals surface area (Å²) in [5.74, 6) is 0.431. The number of hydrogen-bond acceptors (Lipinski definition) is 10. The van der Waals surface area contributed by atoms with Gasteiger partial charge in [-0.3, -0.25) is 10.1 Å². The van der Waals surface area contributed by atoms with E-state index in [0.29, 0.717) is 31.0 Å². The molecule has 0 bridgehead atoms. The van der Waals surface area contributed by atoms with Crippen molar-refractivity contribution in [2.24, 2.45) is 0 Å². The molecule has 32 heavy (non-hydrogen) atoms. The number of nitro groups is 1. The maximum atomic E-state index is 12.3. The molecule has 1 aliphatic rings. The van der Waals surface area contributed by atoms with Crippen LogP contribution >= 0.6 is 0 Å². The van der Waals surface area contributed by atoms with E-state index in [-0.39, 0.29) is 29.6 Å². The average Bonchev–Trinajstić information content (AvgIpc) is 2.70. The average molecular weight is 445 g/mol. The first-order valence-electron chi connectivity index (χ1n) is 10.1. The molecule has 12 nitrogen and oxygen atoms in total. The molecule has 2 N–H and O–H groups in total. The molecule has 0 radical (unpaired) electrons. The number of carbonyl (C=O) groups is 1. The van der Waals surface area contributed by atoms with Crippen LogP contribution in [0.5, 0.6) is 11.6 Å². The van der Waals surface area contributed by atoms with Crippen LogP contribution in [0.2, 0.25) is 0 Å². The molecule has 3 heterocycles. The zero-order valence-corrected chi connectivity index (χ0v) is 18.7. The predicted molar refractivity (Wildman–Crippen MR) is 117 cm³/mol. The second kappa shape index (κ2) is 8.81. The highest BCUT2D eigenvalue weighted by atomic mass is 16.6. The quantitative estimate of drug-likeness (QED) is 0.549. The van der Waals surface area contributed by atoms with E-state index in [1.807, 2.05) is 32.6 Å². The molecule has 172 valence electrons. The number of pyridine rings is 1. The number of nitrogens with two attached hydrogens (primary N) is 1. The number of carbonyl (C=O) groups excluding carboxylic acids is 1. The monoisotopic (exact) mass is 445 g/mol. The van der Waals surface area contributed by atoms with E-state index in [4.69, 9.17) is 15.2 Å². The van der Waals surface area contributed by atoms with Crippen LogP contribution in [0.4, 0.5) is 22.1 Å². The molecular formula is C20H27N7O5. The maximum Gasteiger partial charge on any atom is 0.410 e. The third kappa shape index (κ3) is 5.13. The molecule has 1 atom stereocenters. The van der Waals surface area contributed by atoms with Gasteiger partial charge in [-0.1, -0.05) is 0 Å². The lowest BCUT2D eigenvalue weighted by Gasteiger charge is -2.40. The minimum absolute atomic E-state index is 0.0133. The van der Waals surface area contributed by atoms with Crippen molar-refractivity contribution in [1.82, 2.24) is 20.1 Å². The van der Waals surface area contributed by atoms with Crippen LogP contribution in [-0.2, 0) is 4.74 Å². The zero-order chi connectivity index (χ0) is 23.6. The van der Waals surface area contributed by atoms with Crippen LogP contribution in [0.25, 0.3) is 0 Å². The van der Waals surface area contributed by atoms with Crippen molar-refractivity contribution in [3.8, 4) is 11.6 Å². The van der Waals surface area contributed by atoms with Crippen molar-refractivity contribution in [3.05, 3.63) is 34.0 Å². The summed E-state index contributed by atoms with van der Waals surface area (Å²) in [6.45, 7) is 10.6. The molecule has 0 unspecified atom stereocenters. The summed E-state index contributed by atoms with van der Waals surface area (Å²) in [4.78, 5) is 30.5. The summed E-state index contributed by atoms with van der Waals surface area (Å²) in [5.41, 5.74) is 5.12. The third-order valence-electron chi connectivity index (χ3n) is 4.80. The number of amides is 1. The first kappa shape index (κ1) is 23.0. The van der Waals surface area contributed by atoms with Gasteiger partial charge < -0.3 is 25.0 Å². The molecule has 1 aliphatic heterocycles. The fourth-order valence-corrected chi connectivity index (χ4v) is 3.31. The summed E-state index contributed by atoms with van der Waals surface area (Å²) in [7, 11) is 0. The van der Waals surface area contributed by atoms with Gasteiger partial charge in [0.2, 0.25) is 17.4 Å². The van der Waals surface area contributed by atoms with Crippen molar-refractivity contribution in [2.75, 3.05) is 30.3 Å². The molecule has 0 aromatic carbocycles. The Kier molecular flexibility index (Phi) is 6.32. The smallest absolute Gasteiger partial charge is 0.410 e. The number of anilines is 2. The highest BCUT2D eigenvalue weighted by molar-refractivity contribution is 5.69. The summed E-state index contributed by atoms with van der Waals surface area (Å²) in [6, 6.07) is 3.28. The van der Waals surface area contributed by atoms with E-state index in [2.05, 4.69) is 15.2 Å². The van der Waals surface area contributed by atoms with E-state index in [1.54, 1.807) is 24.0 Å². The van der Waals surface area contributed by atoms with Gasteiger partial charge in [0.05, 0.1) is 4.92 Å². The van der Waals surface area contributed by atoms with Crippen LogP contribution in [0.15, 0.2) is 18.3 Å². The fraction of sp³-hybridized carbons (Fsp3) is 0.500. The first-order chi connectivity index (χ1) is 15.0. The number of hydrogen-bond donors (Lipinski definition) is 1. The van der Waals surface area contributed by atoms with Crippen molar-refractivity contribution in [1.29, 1.82) is 0 Å². The minimum atomic E-state index is -0.641. The standard InChI is InChI=1S/C20H27N7O5/c1-12-10-22-18(21)16(27(29)30)17(12)31-15-7-6-14(23-24-15)26-9-8-25(11-13(26)2)19(28)32-20(3,4)5/h6-7,10,13H,8-9,11H2,1-5H3,(H2,21,22)/t13-/m0/s1. The van der Waals surface area contributed by atoms with Gasteiger partial charge in [-0.25, -0.2) is 9.78 Å². The Bertz CT molecular complexity index is 1010. The molecule has 12 heteroatoms. The maximum absolute atomic E-state index is 12.3. The van der Waals surface area contributed by atoms with Gasteiger partial charge in [-0.2, -0.15) is 0 Å². The molecule has 3 rings (SSSR count). The lowest BCUT2D eigenvalue weighted by atomic mass is 10.2. The second-order valence-electron chi connectivity index (χ2n) is 8.56. The SMILES string of the molecule is Cc1cnc(N)c([N+](=O)[O-])c1Oc1ccc(N2CCN(C(=O)OC(C)(C)C)C[C@@H]2C)nn1. The number of piperazine rings is 1. The highest BCUT2D eigenvalue weighted by Crippen LogP contribution is 2.37. The first-order valence-corrected chi connectivity index (χ1v) is 10.1. The van der Waals surface area contributed by atoms with Gasteiger partial charge >= 0.3 is 11.8 Å². The Morgan fingerprint density at radius 1 is 1.28 bits per heavy atom. The van der Waals surface area contributed by atoms with Crippen LogP contribution in [0.3, 0.4) is 0 Å². The van der Waals surface area contributed by atoms with E-state index in [9.17, 15) is 14.9 Å². The fourth-order valence-electron chi connectivity index (χ4n) is 3.31. The van der Waals surface area contributed by atoms with Crippen molar-refractivity contribution < 1.29 is 19.2 Å². The molecule has 0 saturated carbocycles. The number of nitrogen functional groups attached to an aromatic ring is 1. The number of nitrogens with zero attached hydrogens (tertiary/aromatic N) is 6. The number of aryl methyl sites for hydroxylation is 1. The van der Waals surface area contributed by atoms with Gasteiger partial charge in [0.15, 0.2) is 5.82 Å². The second-order valence-corrected chi connectivity index (χ2v) is 8.56. The number of rotatable bonds is 4. The molecule has 1 amide bonds. The Labute approximate surface area is 185 Å². The van der Waals surface area contributed by atoms with Crippen LogP contribution < -0.4 is 15.4 Å². The highest BCUT2D eigenvalue weighted by Gasteiger charge is 2.31. The normalized spacial score (nSPS) is 16.6. The Morgan fingerprint density at radius 3 is 2.56 bits per heavy atom. The van der Waals surface area contributed by atoms with E-state index in [1.165, 1.54) is 6.20 Å². The molecule has 0 spiro atoms. The Morgan fingerprint density at radius 2 is 2.00 bits per heavy atom. The van der Waals surface area contributed by atoms with Crippen LogP contribution in [0.1, 0.15) is 33.3 Å². The molecule has 1 saturated heterocycles. The van der Waals surface area contributed by atoms with Crippen molar-refractivity contribution >= 4 is 23.4 Å². The summed E-state index contributed by atoms with van der Waals surface area (Å²) >= 11 is 0. The molecular weight excluding hydrogens is 418 g/mol. The van der Waals surface area contributed by atoms with Gasteiger partial charge in [0.25, 0.3) is 0 Å². The summed E-state index contributed by atoms with van der Waals surface area (Å²) < 4.78 is 11.1. The van der Waals surface area contributed by atoms with Gasteiger partial charge in [-0.05, 0) is 40.7 Å². The summed E-state index contributed by atoms with van der Waals surface area (Å²) in [5, 5.41) is 19.6. The largest absolute Gasteiger partial charge is 0.444 e. The van der Waals surface area contributed by atoms with Crippen LogP contribution in [-0.4, -0.2) is 62.4 Å². The van der Waals surface area contributed by atoms with Gasteiger partial charge in [-0.15, -0.1) is 10.2 Å². The van der Waals surface area contributed by atoms with Crippen molar-refractivity contribution in [3.63, 3.8) is 0 Å². The van der Waals surface area contributed by atoms with E-state index in [0.717, 1.165) is 0 Å². The van der Waals surface area contributed by atoms with Gasteiger partial charge in [0.1, 0.15) is 5.60 Å². The molecule has 0 aliphatic carbocycles. The minimum Gasteiger partial charge on any atom is -0.444 e. The Balaban J connectivity index is 1.71. The molecule has 1 fully saturated rings. The summed E-state index contributed by atoms with van der Waals surface area (Å²) in [6.07, 6.45) is 1.05. The van der Waals surface area contributed by atoms with E-state index < -0.39 is 16.2 Å². The topological polar surface area (TPSA) is 150 Å². The predicted octanol–water partition coefficient (Wildman–Crippen LogP) is 2.91. The van der Waals surface area contributed by atoms with E-state index >= 15 is 0 Å². The molecule has 2 aromatic rings. The number of aromatic nitrogens is 3. The van der Waals surface area contributed by atoms with Gasteiger partial charge in [0, 0.05) is 43.5 Å².